The van der Waals surface area contributed by atoms with Crippen LogP contribution in [0.3, 0.4) is 0 Å². The van der Waals surface area contributed by atoms with Gasteiger partial charge in [-0.25, -0.2) is 0 Å². The molecule has 3 nitrogen and oxygen atoms in total. The lowest BCUT2D eigenvalue weighted by Gasteiger charge is -2.40. The summed E-state index contributed by atoms with van der Waals surface area (Å²) in [5.41, 5.74) is 2.14. The van der Waals surface area contributed by atoms with E-state index in [2.05, 4.69) is 29.0 Å². The highest BCUT2D eigenvalue weighted by Crippen LogP contribution is 2.29. The Hall–Kier alpha value is -0.800. The van der Waals surface area contributed by atoms with E-state index in [1.807, 2.05) is 19.2 Å². The lowest BCUT2D eigenvalue weighted by molar-refractivity contribution is 0.353. The normalized spacial score (nSPS) is 19.9. The van der Waals surface area contributed by atoms with Crippen LogP contribution in [0.25, 0.3) is 0 Å². The molecule has 1 aromatic heterocycles. The summed E-state index contributed by atoms with van der Waals surface area (Å²) in [7, 11) is 0. The van der Waals surface area contributed by atoms with Crippen LogP contribution < -0.4 is 10.2 Å². The highest BCUT2D eigenvalue weighted by molar-refractivity contribution is 6.33. The van der Waals surface area contributed by atoms with E-state index in [0.29, 0.717) is 0 Å². The van der Waals surface area contributed by atoms with Crippen LogP contribution in [0, 0.1) is 6.92 Å². The molecule has 0 spiro atoms. The number of halogens is 1. The minimum atomic E-state index is 0.138. The molecule has 1 saturated heterocycles. The molecule has 1 aliphatic heterocycles. The van der Waals surface area contributed by atoms with Crippen LogP contribution in [0.1, 0.15) is 19.5 Å². The number of rotatable bonds is 1. The average molecular weight is 240 g/mol. The third kappa shape index (κ3) is 2.30. The van der Waals surface area contributed by atoms with Gasteiger partial charge in [-0.05, 0) is 26.8 Å². The van der Waals surface area contributed by atoms with Crippen molar-refractivity contribution in [3.05, 3.63) is 23.0 Å². The van der Waals surface area contributed by atoms with Gasteiger partial charge in [0.1, 0.15) is 0 Å². The first-order chi connectivity index (χ1) is 7.49. The van der Waals surface area contributed by atoms with Crippen molar-refractivity contribution < 1.29 is 0 Å². The average Bonchev–Trinajstić information content (AvgIpc) is 2.20. The van der Waals surface area contributed by atoms with Gasteiger partial charge in [0, 0.05) is 31.4 Å². The highest BCUT2D eigenvalue weighted by atomic mass is 35.5. The lowest BCUT2D eigenvalue weighted by Crippen LogP contribution is -2.57. The van der Waals surface area contributed by atoms with Gasteiger partial charge in [-0.2, -0.15) is 0 Å². The molecule has 0 saturated carbocycles. The van der Waals surface area contributed by atoms with Crippen molar-refractivity contribution in [3.8, 4) is 0 Å². The first kappa shape index (κ1) is 11.7. The fraction of sp³-hybridized carbons (Fsp3) is 0.583. The van der Waals surface area contributed by atoms with E-state index in [4.69, 9.17) is 11.6 Å². The molecular weight excluding hydrogens is 222 g/mol. The molecule has 0 radical (unpaired) electrons. The summed E-state index contributed by atoms with van der Waals surface area (Å²) in [6.45, 7) is 9.31. The number of hydrogen-bond donors (Lipinski definition) is 1. The van der Waals surface area contributed by atoms with Crippen LogP contribution in [-0.2, 0) is 0 Å². The number of nitrogens with one attached hydrogen (secondary N) is 1. The summed E-state index contributed by atoms with van der Waals surface area (Å²) in [4.78, 5) is 6.52. The number of hydrogen-bond acceptors (Lipinski definition) is 3. The smallest absolute Gasteiger partial charge is 0.0851 e. The maximum absolute atomic E-state index is 6.30. The maximum Gasteiger partial charge on any atom is 0.0851 e. The minimum absolute atomic E-state index is 0.138. The number of pyridine rings is 1. The highest BCUT2D eigenvalue weighted by Gasteiger charge is 2.26. The topological polar surface area (TPSA) is 28.2 Å². The Bertz CT molecular complexity index is 390. The molecule has 0 aliphatic carbocycles. The minimum Gasteiger partial charge on any atom is -0.367 e. The summed E-state index contributed by atoms with van der Waals surface area (Å²) in [6, 6.07) is 2.00. The van der Waals surface area contributed by atoms with Gasteiger partial charge >= 0.3 is 0 Å². The molecule has 0 aromatic carbocycles. The summed E-state index contributed by atoms with van der Waals surface area (Å²) in [6.07, 6.45) is 1.82. The fourth-order valence-corrected chi connectivity index (χ4v) is 2.36. The largest absolute Gasteiger partial charge is 0.367 e. The molecule has 1 N–H and O–H groups in total. The Labute approximate surface area is 102 Å². The number of anilines is 1. The second-order valence-electron chi connectivity index (χ2n) is 4.96. The Morgan fingerprint density at radius 2 is 2.25 bits per heavy atom. The van der Waals surface area contributed by atoms with E-state index in [1.54, 1.807) is 0 Å². The van der Waals surface area contributed by atoms with Crippen molar-refractivity contribution in [2.75, 3.05) is 24.5 Å². The van der Waals surface area contributed by atoms with Gasteiger partial charge in [0.05, 0.1) is 16.4 Å². The molecule has 0 unspecified atom stereocenters. The van der Waals surface area contributed by atoms with E-state index in [9.17, 15) is 0 Å². The monoisotopic (exact) mass is 239 g/mol. The SMILES string of the molecule is Cc1nccc(N2CCNC(C)(C)C2)c1Cl. The molecule has 2 heterocycles. The van der Waals surface area contributed by atoms with E-state index in [1.165, 1.54) is 0 Å². The molecule has 0 atom stereocenters. The molecule has 88 valence electrons. The van der Waals surface area contributed by atoms with Gasteiger partial charge < -0.3 is 10.2 Å². The Morgan fingerprint density at radius 3 is 2.94 bits per heavy atom. The van der Waals surface area contributed by atoms with E-state index < -0.39 is 0 Å². The van der Waals surface area contributed by atoms with Crippen LogP contribution in [0.4, 0.5) is 5.69 Å². The lowest BCUT2D eigenvalue weighted by atomic mass is 10.0. The van der Waals surface area contributed by atoms with Gasteiger partial charge in [-0.3, -0.25) is 4.98 Å². The molecule has 1 aromatic rings. The molecule has 16 heavy (non-hydrogen) atoms. The number of nitrogens with zero attached hydrogens (tertiary/aromatic N) is 2. The van der Waals surface area contributed by atoms with E-state index >= 15 is 0 Å². The molecular formula is C12H18ClN3. The maximum atomic E-state index is 6.30. The van der Waals surface area contributed by atoms with Crippen molar-refractivity contribution in [1.82, 2.24) is 10.3 Å². The van der Waals surface area contributed by atoms with Gasteiger partial charge in [-0.1, -0.05) is 11.6 Å². The molecule has 1 aliphatic rings. The van der Waals surface area contributed by atoms with Gasteiger partial charge in [0.25, 0.3) is 0 Å². The van der Waals surface area contributed by atoms with Crippen molar-refractivity contribution in [2.24, 2.45) is 0 Å². The Kier molecular flexibility index (Phi) is 3.08. The summed E-state index contributed by atoms with van der Waals surface area (Å²) >= 11 is 6.30. The number of aryl methyl sites for hydroxylation is 1. The summed E-state index contributed by atoms with van der Waals surface area (Å²) in [5, 5.41) is 4.27. The van der Waals surface area contributed by atoms with Gasteiger partial charge in [0.2, 0.25) is 0 Å². The van der Waals surface area contributed by atoms with Gasteiger partial charge in [-0.15, -0.1) is 0 Å². The zero-order chi connectivity index (χ0) is 11.8. The fourth-order valence-electron chi connectivity index (χ4n) is 2.13. The van der Waals surface area contributed by atoms with Crippen LogP contribution >= 0.6 is 11.6 Å². The van der Waals surface area contributed by atoms with Crippen molar-refractivity contribution in [3.63, 3.8) is 0 Å². The standard InChI is InChI=1S/C12H18ClN3/c1-9-11(13)10(4-5-14-9)16-7-6-15-12(2,3)8-16/h4-5,15H,6-8H2,1-3H3. The summed E-state index contributed by atoms with van der Waals surface area (Å²) in [5.74, 6) is 0. The quantitative estimate of drug-likeness (QED) is 0.815. The van der Waals surface area contributed by atoms with Crippen LogP contribution in [0.2, 0.25) is 5.02 Å². The van der Waals surface area contributed by atoms with Gasteiger partial charge in [0.15, 0.2) is 0 Å². The van der Waals surface area contributed by atoms with E-state index in [-0.39, 0.29) is 5.54 Å². The molecule has 0 amide bonds. The zero-order valence-corrected chi connectivity index (χ0v) is 10.8. The first-order valence-corrected chi connectivity index (χ1v) is 5.98. The molecule has 2 rings (SSSR count). The molecule has 4 heteroatoms. The number of piperazine rings is 1. The van der Waals surface area contributed by atoms with Crippen molar-refractivity contribution in [1.29, 1.82) is 0 Å². The molecule has 0 bridgehead atoms. The third-order valence-corrected chi connectivity index (χ3v) is 3.42. The van der Waals surface area contributed by atoms with Crippen molar-refractivity contribution >= 4 is 17.3 Å². The predicted molar refractivity (Wildman–Crippen MR) is 68.3 cm³/mol. The van der Waals surface area contributed by atoms with Crippen LogP contribution in [0.5, 0.6) is 0 Å². The zero-order valence-electron chi connectivity index (χ0n) is 10.0. The van der Waals surface area contributed by atoms with E-state index in [0.717, 1.165) is 36.0 Å². The Balaban J connectivity index is 2.27. The second-order valence-corrected chi connectivity index (χ2v) is 5.34. The predicted octanol–water partition coefficient (Wildman–Crippen LogP) is 2.23. The Morgan fingerprint density at radius 1 is 1.50 bits per heavy atom. The second kappa shape index (κ2) is 4.22. The number of aromatic nitrogens is 1. The molecule has 1 fully saturated rings. The third-order valence-electron chi connectivity index (χ3n) is 2.96. The summed E-state index contributed by atoms with van der Waals surface area (Å²) < 4.78 is 0. The first-order valence-electron chi connectivity index (χ1n) is 5.61. The van der Waals surface area contributed by atoms with Crippen LogP contribution in [-0.4, -0.2) is 30.2 Å². The van der Waals surface area contributed by atoms with Crippen LogP contribution in [0.15, 0.2) is 12.3 Å². The van der Waals surface area contributed by atoms with Crippen molar-refractivity contribution in [2.45, 2.75) is 26.3 Å².